The van der Waals surface area contributed by atoms with Crippen molar-refractivity contribution in [2.24, 2.45) is 11.8 Å². The first kappa shape index (κ1) is 15.1. The largest absolute Gasteiger partial charge is 0.481 e. The molecule has 0 radical (unpaired) electrons. The molecule has 1 saturated heterocycles. The Balaban J connectivity index is 1.70. The number of aliphatic carboxylic acids is 1. The Bertz CT molecular complexity index is 359. The zero-order valence-electron chi connectivity index (χ0n) is 12.3. The molecular formula is C15H26N2O3. The molecule has 3 unspecified atom stereocenters. The van der Waals surface area contributed by atoms with Gasteiger partial charge in [-0.05, 0) is 44.4 Å². The second-order valence-electron chi connectivity index (χ2n) is 6.21. The van der Waals surface area contributed by atoms with Gasteiger partial charge in [0.15, 0.2) is 0 Å². The lowest BCUT2D eigenvalue weighted by Gasteiger charge is -2.37. The maximum Gasteiger partial charge on any atom is 0.317 e. The van der Waals surface area contributed by atoms with Crippen molar-refractivity contribution in [1.82, 2.24) is 10.2 Å². The van der Waals surface area contributed by atoms with Crippen LogP contribution in [0.3, 0.4) is 0 Å². The van der Waals surface area contributed by atoms with E-state index in [9.17, 15) is 9.59 Å². The van der Waals surface area contributed by atoms with Gasteiger partial charge < -0.3 is 15.3 Å². The molecule has 0 aromatic carbocycles. The number of hydrogen-bond donors (Lipinski definition) is 2. The van der Waals surface area contributed by atoms with Crippen LogP contribution in [0.15, 0.2) is 0 Å². The smallest absolute Gasteiger partial charge is 0.317 e. The van der Waals surface area contributed by atoms with E-state index in [2.05, 4.69) is 5.32 Å². The van der Waals surface area contributed by atoms with Crippen molar-refractivity contribution < 1.29 is 14.7 Å². The lowest BCUT2D eigenvalue weighted by molar-refractivity contribution is -0.141. The molecule has 0 spiro atoms. The molecule has 1 saturated carbocycles. The monoisotopic (exact) mass is 282 g/mol. The fourth-order valence-electron chi connectivity index (χ4n) is 3.53. The van der Waals surface area contributed by atoms with Crippen molar-refractivity contribution in [3.63, 3.8) is 0 Å². The first-order valence-corrected chi connectivity index (χ1v) is 7.87. The minimum absolute atomic E-state index is 0.0459. The van der Waals surface area contributed by atoms with Crippen molar-refractivity contribution in [2.45, 2.75) is 57.9 Å². The molecule has 1 aliphatic carbocycles. The quantitative estimate of drug-likeness (QED) is 0.761. The first-order chi connectivity index (χ1) is 9.59. The third kappa shape index (κ3) is 3.64. The van der Waals surface area contributed by atoms with Crippen LogP contribution in [0.2, 0.25) is 0 Å². The van der Waals surface area contributed by atoms with E-state index in [-0.39, 0.29) is 11.9 Å². The van der Waals surface area contributed by atoms with E-state index >= 15 is 0 Å². The molecule has 2 fully saturated rings. The molecule has 3 atom stereocenters. The number of rotatable bonds is 5. The minimum Gasteiger partial charge on any atom is -0.481 e. The summed E-state index contributed by atoms with van der Waals surface area (Å²) in [6, 6.07) is 0.492. The molecule has 0 bridgehead atoms. The normalized spacial score (nSPS) is 26.9. The second-order valence-corrected chi connectivity index (χ2v) is 6.21. The Morgan fingerprint density at radius 1 is 1.30 bits per heavy atom. The molecule has 5 heteroatoms. The molecule has 2 amide bonds. The average molecular weight is 282 g/mol. The molecule has 0 aromatic rings. The fourth-order valence-corrected chi connectivity index (χ4v) is 3.53. The van der Waals surface area contributed by atoms with Crippen molar-refractivity contribution in [2.75, 3.05) is 13.1 Å². The van der Waals surface area contributed by atoms with Gasteiger partial charge in [-0.15, -0.1) is 0 Å². The number of piperidine rings is 1. The predicted octanol–water partition coefficient (Wildman–Crippen LogP) is 2.46. The van der Waals surface area contributed by atoms with Crippen LogP contribution in [0.25, 0.3) is 0 Å². The highest BCUT2D eigenvalue weighted by Crippen LogP contribution is 2.36. The first-order valence-electron chi connectivity index (χ1n) is 7.87. The Kier molecular flexibility index (Phi) is 5.26. The zero-order valence-corrected chi connectivity index (χ0v) is 12.3. The van der Waals surface area contributed by atoms with E-state index in [4.69, 9.17) is 5.11 Å². The highest BCUT2D eigenvalue weighted by Gasteiger charge is 2.37. The van der Waals surface area contributed by atoms with Crippen LogP contribution < -0.4 is 5.32 Å². The van der Waals surface area contributed by atoms with Gasteiger partial charge in [-0.1, -0.05) is 13.3 Å². The average Bonchev–Trinajstić information content (AvgIpc) is 2.90. The number of likely N-dealkylation sites (tertiary alicyclic amines) is 1. The molecular weight excluding hydrogens is 256 g/mol. The number of nitrogens with zero attached hydrogens (tertiary/aromatic N) is 1. The summed E-state index contributed by atoms with van der Waals surface area (Å²) in [5.41, 5.74) is 0. The molecule has 2 N–H and O–H groups in total. The Morgan fingerprint density at radius 2 is 2.05 bits per heavy atom. The van der Waals surface area contributed by atoms with Crippen molar-refractivity contribution >= 4 is 12.0 Å². The molecule has 2 aliphatic rings. The molecule has 1 aliphatic heterocycles. The van der Waals surface area contributed by atoms with Crippen molar-refractivity contribution in [3.8, 4) is 0 Å². The number of hydrogen-bond acceptors (Lipinski definition) is 2. The number of carbonyl (C=O) groups is 2. The minimum atomic E-state index is -0.763. The topological polar surface area (TPSA) is 69.6 Å². The molecule has 1 heterocycles. The van der Waals surface area contributed by atoms with Gasteiger partial charge in [0.25, 0.3) is 0 Å². The number of carboxylic acid groups (broad SMARTS) is 1. The van der Waals surface area contributed by atoms with Crippen molar-refractivity contribution in [1.29, 1.82) is 0 Å². The number of fused-ring (bicyclic) bond motifs is 1. The maximum absolute atomic E-state index is 12.2. The van der Waals surface area contributed by atoms with Crippen LogP contribution in [0, 0.1) is 11.8 Å². The van der Waals surface area contributed by atoms with Gasteiger partial charge in [-0.2, -0.15) is 0 Å². The van der Waals surface area contributed by atoms with Crippen LogP contribution in [-0.2, 0) is 4.79 Å². The zero-order chi connectivity index (χ0) is 14.5. The molecule has 114 valence electrons. The van der Waals surface area contributed by atoms with Crippen LogP contribution >= 0.6 is 0 Å². The predicted molar refractivity (Wildman–Crippen MR) is 76.5 cm³/mol. The SMILES string of the molecule is CC(CCCNC(=O)N1CCCC2CCCC21)C(=O)O. The summed E-state index contributed by atoms with van der Waals surface area (Å²) in [7, 11) is 0. The van der Waals surface area contributed by atoms with E-state index in [1.54, 1.807) is 6.92 Å². The second kappa shape index (κ2) is 6.95. The Labute approximate surface area is 120 Å². The lowest BCUT2D eigenvalue weighted by atomic mass is 9.92. The van der Waals surface area contributed by atoms with Crippen LogP contribution in [0.1, 0.15) is 51.9 Å². The fraction of sp³-hybridized carbons (Fsp3) is 0.867. The highest BCUT2D eigenvalue weighted by molar-refractivity contribution is 5.74. The summed E-state index contributed by atoms with van der Waals surface area (Å²) in [5.74, 6) is -0.385. The molecule has 2 rings (SSSR count). The molecule has 5 nitrogen and oxygen atoms in total. The van der Waals surface area contributed by atoms with Crippen LogP contribution in [0.5, 0.6) is 0 Å². The maximum atomic E-state index is 12.2. The van der Waals surface area contributed by atoms with Gasteiger partial charge in [0, 0.05) is 19.1 Å². The summed E-state index contributed by atoms with van der Waals surface area (Å²) in [6.45, 7) is 3.15. The van der Waals surface area contributed by atoms with E-state index in [1.165, 1.54) is 19.3 Å². The third-order valence-electron chi connectivity index (χ3n) is 4.77. The standard InChI is InChI=1S/C15H26N2O3/c1-11(14(18)19)5-3-9-16-15(20)17-10-4-7-12-6-2-8-13(12)17/h11-13H,2-10H2,1H3,(H,16,20)(H,18,19). The van der Waals surface area contributed by atoms with E-state index in [1.807, 2.05) is 4.90 Å². The van der Waals surface area contributed by atoms with E-state index in [0.29, 0.717) is 24.9 Å². The number of amides is 2. The molecule has 20 heavy (non-hydrogen) atoms. The van der Waals surface area contributed by atoms with Crippen LogP contribution in [-0.4, -0.2) is 41.1 Å². The number of nitrogens with one attached hydrogen (secondary N) is 1. The Morgan fingerprint density at radius 3 is 2.80 bits per heavy atom. The van der Waals surface area contributed by atoms with Gasteiger partial charge in [-0.3, -0.25) is 4.79 Å². The third-order valence-corrected chi connectivity index (χ3v) is 4.77. The summed E-state index contributed by atoms with van der Waals surface area (Å²) >= 11 is 0. The van der Waals surface area contributed by atoms with Gasteiger partial charge in [0.1, 0.15) is 0 Å². The number of urea groups is 1. The van der Waals surface area contributed by atoms with Gasteiger partial charge in [-0.25, -0.2) is 4.79 Å². The summed E-state index contributed by atoms with van der Waals surface area (Å²) in [5, 5.41) is 11.8. The summed E-state index contributed by atoms with van der Waals surface area (Å²) in [6.07, 6.45) is 7.38. The number of carbonyl (C=O) groups excluding carboxylic acids is 1. The van der Waals surface area contributed by atoms with Gasteiger partial charge in [0.2, 0.25) is 0 Å². The van der Waals surface area contributed by atoms with Crippen molar-refractivity contribution in [3.05, 3.63) is 0 Å². The lowest BCUT2D eigenvalue weighted by Crippen LogP contribution is -2.50. The van der Waals surface area contributed by atoms with E-state index < -0.39 is 5.97 Å². The molecule has 0 aromatic heterocycles. The highest BCUT2D eigenvalue weighted by atomic mass is 16.4. The van der Waals surface area contributed by atoms with Crippen LogP contribution in [0.4, 0.5) is 4.79 Å². The van der Waals surface area contributed by atoms with E-state index in [0.717, 1.165) is 25.8 Å². The van der Waals surface area contributed by atoms with Gasteiger partial charge in [0.05, 0.1) is 5.92 Å². The Hall–Kier alpha value is -1.26. The van der Waals surface area contributed by atoms with Gasteiger partial charge >= 0.3 is 12.0 Å². The number of carboxylic acids is 1. The summed E-state index contributed by atoms with van der Waals surface area (Å²) < 4.78 is 0. The summed E-state index contributed by atoms with van der Waals surface area (Å²) in [4.78, 5) is 24.9.